The van der Waals surface area contributed by atoms with E-state index in [1.165, 1.54) is 0 Å². The summed E-state index contributed by atoms with van der Waals surface area (Å²) in [6, 6.07) is 0. The summed E-state index contributed by atoms with van der Waals surface area (Å²) in [4.78, 5) is 10.9. The van der Waals surface area contributed by atoms with Crippen molar-refractivity contribution in [3.8, 4) is 0 Å². The highest BCUT2D eigenvalue weighted by Crippen LogP contribution is 2.31. The van der Waals surface area contributed by atoms with E-state index in [-0.39, 0.29) is 21.8 Å². The second-order valence-corrected chi connectivity index (χ2v) is 6.81. The lowest BCUT2D eigenvalue weighted by Gasteiger charge is -2.12. The van der Waals surface area contributed by atoms with Gasteiger partial charge in [0.1, 0.15) is 0 Å². The third-order valence-electron chi connectivity index (χ3n) is 0.765. The van der Waals surface area contributed by atoms with Gasteiger partial charge in [0, 0.05) is 0 Å². The van der Waals surface area contributed by atoms with E-state index >= 15 is 0 Å². The van der Waals surface area contributed by atoms with Gasteiger partial charge in [-0.15, -0.1) is 0 Å². The normalized spacial score (nSPS) is 13.0. The number of rotatable bonds is 0. The molecule has 0 spiro atoms. The van der Waals surface area contributed by atoms with Crippen molar-refractivity contribution in [3.63, 3.8) is 0 Å². The Hall–Kier alpha value is 0.370. The molecule has 0 saturated heterocycles. The lowest BCUT2D eigenvalue weighted by atomic mass is 11.7. The van der Waals surface area contributed by atoms with E-state index in [4.69, 9.17) is 0 Å². The number of thiol groups is 2. The minimum Gasteiger partial charge on any atom is -0.278 e. The Labute approximate surface area is 56.5 Å². The van der Waals surface area contributed by atoms with Crippen LogP contribution in [0.5, 0.6) is 0 Å². The second-order valence-electron chi connectivity index (χ2n) is 2.07. The third-order valence-corrected chi connectivity index (χ3v) is 4.70. The van der Waals surface area contributed by atoms with Crippen molar-refractivity contribution in [1.29, 1.82) is 0 Å². The van der Waals surface area contributed by atoms with Crippen LogP contribution in [0.4, 0.5) is 4.79 Å². The van der Waals surface area contributed by atoms with Gasteiger partial charge in [-0.2, -0.15) is 21.8 Å². The van der Waals surface area contributed by atoms with E-state index in [1.54, 1.807) is 0 Å². The predicted molar refractivity (Wildman–Crippen MR) is 47.1 cm³/mol. The van der Waals surface area contributed by atoms with Gasteiger partial charge >= 0.3 is 0 Å². The summed E-state index contributed by atoms with van der Waals surface area (Å²) in [6.45, 7) is 0. The summed E-state index contributed by atoms with van der Waals surface area (Å²) < 4.78 is 0.481. The van der Waals surface area contributed by atoms with Crippen LogP contribution in [-0.2, 0) is 0 Å². The Morgan fingerprint density at radius 1 is 1.00 bits per heavy atom. The summed E-state index contributed by atoms with van der Waals surface area (Å²) in [5, 5.41) is 0. The van der Waals surface area contributed by atoms with Gasteiger partial charge in [-0.05, 0) is 25.0 Å². The second kappa shape index (κ2) is 3.41. The summed E-state index contributed by atoms with van der Waals surface area (Å²) in [6.07, 6.45) is 8.06. The predicted octanol–water partition coefficient (Wildman–Crippen LogP) is 1.63. The fourth-order valence-electron chi connectivity index (χ4n) is 0.400. The Bertz CT molecular complexity index is 78.4. The fraction of sp³-hybridized carbons (Fsp3) is 0.800. The zero-order valence-corrected chi connectivity index (χ0v) is 7.59. The van der Waals surface area contributed by atoms with E-state index in [1.807, 2.05) is 25.0 Å². The van der Waals surface area contributed by atoms with Crippen molar-refractivity contribution in [1.82, 2.24) is 0 Å². The molecule has 0 radical (unpaired) electrons. The van der Waals surface area contributed by atoms with Crippen LogP contribution in [0.3, 0.4) is 0 Å². The SMILES string of the molecule is C[SH](C)C(=O)[SH](C)C. The molecule has 0 fully saturated rings. The molecule has 0 saturated carbocycles. The van der Waals surface area contributed by atoms with Crippen LogP contribution in [0.15, 0.2) is 0 Å². The van der Waals surface area contributed by atoms with Crippen LogP contribution in [0, 0.1) is 0 Å². The number of carbonyl (C=O) groups excluding carboxylic acids is 1. The third kappa shape index (κ3) is 2.62. The fourth-order valence-corrected chi connectivity index (χ4v) is 3.60. The first kappa shape index (κ1) is 8.37. The van der Waals surface area contributed by atoms with Gasteiger partial charge in [-0.25, -0.2) is 0 Å². The minimum absolute atomic E-state index is 0.311. The molecule has 0 unspecified atom stereocenters. The number of hydrogen-bond donors (Lipinski definition) is 2. The smallest absolute Gasteiger partial charge is 0.205 e. The van der Waals surface area contributed by atoms with Gasteiger partial charge in [-0.3, -0.25) is 4.79 Å². The zero-order valence-electron chi connectivity index (χ0n) is 5.80. The van der Waals surface area contributed by atoms with Gasteiger partial charge in [0.05, 0.1) is 0 Å². The monoisotopic (exact) mass is 154 g/mol. The zero-order chi connectivity index (χ0) is 6.73. The van der Waals surface area contributed by atoms with Gasteiger partial charge in [0.25, 0.3) is 0 Å². The highest BCUT2D eigenvalue weighted by Gasteiger charge is 2.03. The van der Waals surface area contributed by atoms with Crippen molar-refractivity contribution in [2.24, 2.45) is 0 Å². The Morgan fingerprint density at radius 2 is 1.25 bits per heavy atom. The quantitative estimate of drug-likeness (QED) is 0.507. The molecule has 1 nitrogen and oxygen atoms in total. The molecule has 0 aromatic rings. The first-order chi connectivity index (χ1) is 3.55. The largest absolute Gasteiger partial charge is 0.278 e. The standard InChI is InChI=1S/C5H14OS2/c1-7(2)5(6)8(3)4/h7-8H,1-4H3. The maximum Gasteiger partial charge on any atom is 0.205 e. The highest BCUT2D eigenvalue weighted by molar-refractivity contribution is 8.52. The molecule has 52 valence electrons. The molecular formula is C5H14OS2. The molecule has 0 aromatic heterocycles. The molecule has 0 aliphatic heterocycles. The first-order valence-corrected chi connectivity index (χ1v) is 6.91. The molecule has 0 atom stereocenters. The molecule has 0 amide bonds. The maximum atomic E-state index is 10.9. The Morgan fingerprint density at radius 3 is 1.25 bits per heavy atom. The van der Waals surface area contributed by atoms with Crippen molar-refractivity contribution >= 4 is 26.2 Å². The average Bonchev–Trinajstić information content (AvgIpc) is 1.64. The minimum atomic E-state index is -0.311. The average molecular weight is 154 g/mol. The summed E-state index contributed by atoms with van der Waals surface area (Å²) >= 11 is 0. The van der Waals surface area contributed by atoms with Crippen LogP contribution in [0.2, 0.25) is 0 Å². The van der Waals surface area contributed by atoms with Gasteiger partial charge in [0.2, 0.25) is 4.45 Å². The molecule has 0 rings (SSSR count). The molecule has 8 heavy (non-hydrogen) atoms. The van der Waals surface area contributed by atoms with Crippen LogP contribution in [0.1, 0.15) is 0 Å². The van der Waals surface area contributed by atoms with E-state index in [9.17, 15) is 4.79 Å². The van der Waals surface area contributed by atoms with Crippen molar-refractivity contribution in [2.45, 2.75) is 0 Å². The van der Waals surface area contributed by atoms with Gasteiger partial charge in [-0.1, -0.05) is 0 Å². The van der Waals surface area contributed by atoms with E-state index in [2.05, 4.69) is 0 Å². The van der Waals surface area contributed by atoms with Crippen molar-refractivity contribution in [2.75, 3.05) is 25.0 Å². The lowest BCUT2D eigenvalue weighted by molar-refractivity contribution is 0.276. The molecule has 0 bridgehead atoms. The van der Waals surface area contributed by atoms with Crippen LogP contribution in [-0.4, -0.2) is 29.5 Å². The van der Waals surface area contributed by atoms with Gasteiger partial charge in [0.15, 0.2) is 0 Å². The molecular weight excluding hydrogens is 140 g/mol. The molecule has 0 N–H and O–H groups in total. The number of hydrogen-bond acceptors (Lipinski definition) is 1. The molecule has 0 aliphatic rings. The summed E-state index contributed by atoms with van der Waals surface area (Å²) in [5.41, 5.74) is 0. The van der Waals surface area contributed by atoms with Crippen LogP contribution < -0.4 is 0 Å². The topological polar surface area (TPSA) is 17.1 Å². The van der Waals surface area contributed by atoms with Gasteiger partial charge < -0.3 is 0 Å². The molecule has 0 aliphatic carbocycles. The molecule has 3 heteroatoms. The van der Waals surface area contributed by atoms with Crippen molar-refractivity contribution in [3.05, 3.63) is 0 Å². The Kier molecular flexibility index (Phi) is 3.56. The maximum absolute atomic E-state index is 10.9. The first-order valence-electron chi connectivity index (χ1n) is 2.44. The highest BCUT2D eigenvalue weighted by atomic mass is 32.3. The van der Waals surface area contributed by atoms with E-state index < -0.39 is 0 Å². The molecule has 0 heterocycles. The van der Waals surface area contributed by atoms with E-state index in [0.717, 1.165) is 0 Å². The molecule has 0 aromatic carbocycles. The summed E-state index contributed by atoms with van der Waals surface area (Å²) in [7, 11) is -0.622. The Balaban J connectivity index is 3.65. The number of carbonyl (C=O) groups is 1. The van der Waals surface area contributed by atoms with Crippen molar-refractivity contribution < 1.29 is 4.79 Å². The van der Waals surface area contributed by atoms with Crippen LogP contribution in [0.25, 0.3) is 0 Å². The lowest BCUT2D eigenvalue weighted by Crippen LogP contribution is -1.92. The van der Waals surface area contributed by atoms with E-state index in [0.29, 0.717) is 4.45 Å². The summed E-state index contributed by atoms with van der Waals surface area (Å²) in [5.74, 6) is 0. The van der Waals surface area contributed by atoms with Crippen LogP contribution >= 0.6 is 21.8 Å².